The molecule has 3 heterocycles. The molecule has 1 fully saturated rings. The quantitative estimate of drug-likeness (QED) is 0.673. The van der Waals surface area contributed by atoms with Crippen molar-refractivity contribution < 1.29 is 8.42 Å². The molecule has 0 saturated carbocycles. The van der Waals surface area contributed by atoms with Gasteiger partial charge in [-0.1, -0.05) is 30.3 Å². The third-order valence-corrected chi connectivity index (χ3v) is 5.94. The number of hydrogen-bond acceptors (Lipinski definition) is 7. The molecule has 4 rings (SSSR count). The summed E-state index contributed by atoms with van der Waals surface area (Å²) in [4.78, 5) is 2.21. The number of benzene rings is 1. The number of sulfone groups is 1. The summed E-state index contributed by atoms with van der Waals surface area (Å²) in [7, 11) is -2.91. The number of nitrogens with zero attached hydrogens (tertiary/aromatic N) is 5. The van der Waals surface area contributed by atoms with Crippen LogP contribution < -0.4 is 5.32 Å². The number of likely N-dealkylation sites (tertiary alicyclic amines) is 1. The van der Waals surface area contributed by atoms with Gasteiger partial charge in [0, 0.05) is 37.5 Å². The van der Waals surface area contributed by atoms with E-state index in [1.807, 2.05) is 42.5 Å². The Hall–Kier alpha value is -2.52. The SMILES string of the molecule is CS(=O)(=O)CCN1CCC(Nc2ccc3nnc(-c4ccccc4)n3n2)CC1. The van der Waals surface area contributed by atoms with Gasteiger partial charge in [0.1, 0.15) is 15.7 Å². The van der Waals surface area contributed by atoms with E-state index in [1.54, 1.807) is 4.52 Å². The fourth-order valence-corrected chi connectivity index (χ4v) is 4.03. The van der Waals surface area contributed by atoms with Crippen LogP contribution in [0, 0.1) is 0 Å². The monoisotopic (exact) mass is 400 g/mol. The van der Waals surface area contributed by atoms with E-state index < -0.39 is 9.84 Å². The van der Waals surface area contributed by atoms with E-state index in [4.69, 9.17) is 0 Å². The fourth-order valence-electron chi connectivity index (χ4n) is 3.44. The van der Waals surface area contributed by atoms with E-state index in [0.717, 1.165) is 43.1 Å². The van der Waals surface area contributed by atoms with Gasteiger partial charge in [0.25, 0.3) is 0 Å². The molecule has 0 bridgehead atoms. The number of piperidine rings is 1. The van der Waals surface area contributed by atoms with Gasteiger partial charge in [0.2, 0.25) is 0 Å². The van der Waals surface area contributed by atoms with Gasteiger partial charge < -0.3 is 10.2 Å². The summed E-state index contributed by atoms with van der Waals surface area (Å²) in [5.74, 6) is 1.73. The zero-order valence-corrected chi connectivity index (χ0v) is 16.6. The number of anilines is 1. The van der Waals surface area contributed by atoms with Crippen LogP contribution in [0.2, 0.25) is 0 Å². The van der Waals surface area contributed by atoms with Gasteiger partial charge in [-0.05, 0) is 25.0 Å². The summed E-state index contributed by atoms with van der Waals surface area (Å²) >= 11 is 0. The van der Waals surface area contributed by atoms with Gasteiger partial charge in [0.05, 0.1) is 5.75 Å². The van der Waals surface area contributed by atoms with Crippen LogP contribution in [-0.2, 0) is 9.84 Å². The Labute approximate surface area is 164 Å². The maximum Gasteiger partial charge on any atom is 0.185 e. The molecule has 1 saturated heterocycles. The molecular formula is C19H24N6O2S. The van der Waals surface area contributed by atoms with Crippen molar-refractivity contribution in [2.75, 3.05) is 37.0 Å². The minimum atomic E-state index is -2.91. The molecule has 0 amide bonds. The highest BCUT2D eigenvalue weighted by Crippen LogP contribution is 2.19. The highest BCUT2D eigenvalue weighted by molar-refractivity contribution is 7.90. The van der Waals surface area contributed by atoms with Crippen molar-refractivity contribution in [3.63, 3.8) is 0 Å². The van der Waals surface area contributed by atoms with Crippen molar-refractivity contribution in [2.45, 2.75) is 18.9 Å². The minimum absolute atomic E-state index is 0.221. The molecule has 0 unspecified atom stereocenters. The minimum Gasteiger partial charge on any atom is -0.366 e. The maximum atomic E-state index is 11.3. The van der Waals surface area contributed by atoms with Crippen LogP contribution in [0.15, 0.2) is 42.5 Å². The molecule has 3 aromatic rings. The van der Waals surface area contributed by atoms with E-state index in [9.17, 15) is 8.42 Å². The zero-order chi connectivity index (χ0) is 19.6. The normalized spacial score (nSPS) is 16.5. The van der Waals surface area contributed by atoms with Crippen LogP contribution >= 0.6 is 0 Å². The molecule has 2 aromatic heterocycles. The highest BCUT2D eigenvalue weighted by atomic mass is 32.2. The maximum absolute atomic E-state index is 11.3. The number of hydrogen-bond donors (Lipinski definition) is 1. The van der Waals surface area contributed by atoms with Crippen LogP contribution in [0.1, 0.15) is 12.8 Å². The number of fused-ring (bicyclic) bond motifs is 1. The second-order valence-electron chi connectivity index (χ2n) is 7.27. The van der Waals surface area contributed by atoms with Gasteiger partial charge in [-0.25, -0.2) is 8.42 Å². The van der Waals surface area contributed by atoms with E-state index in [2.05, 4.69) is 25.5 Å². The van der Waals surface area contributed by atoms with Crippen molar-refractivity contribution >= 4 is 21.3 Å². The lowest BCUT2D eigenvalue weighted by Crippen LogP contribution is -2.41. The average molecular weight is 401 g/mol. The summed E-state index contributed by atoms with van der Waals surface area (Å²) in [6.45, 7) is 2.38. The molecule has 1 aromatic carbocycles. The third kappa shape index (κ3) is 4.48. The van der Waals surface area contributed by atoms with Crippen LogP contribution in [0.25, 0.3) is 17.0 Å². The molecule has 28 heavy (non-hydrogen) atoms. The molecule has 9 heteroatoms. The van der Waals surface area contributed by atoms with Crippen molar-refractivity contribution in [3.8, 4) is 11.4 Å². The van der Waals surface area contributed by atoms with Gasteiger partial charge in [-0.15, -0.1) is 15.3 Å². The summed E-state index contributed by atoms with van der Waals surface area (Å²) in [5, 5.41) is 16.7. The Bertz CT molecular complexity index is 1040. The topological polar surface area (TPSA) is 92.5 Å². The number of aromatic nitrogens is 4. The molecule has 0 spiro atoms. The van der Waals surface area contributed by atoms with Gasteiger partial charge in [-0.2, -0.15) is 4.52 Å². The molecule has 8 nitrogen and oxygen atoms in total. The van der Waals surface area contributed by atoms with Crippen molar-refractivity contribution in [2.24, 2.45) is 0 Å². The molecule has 0 atom stereocenters. The van der Waals surface area contributed by atoms with Crippen molar-refractivity contribution in [1.82, 2.24) is 24.7 Å². The summed E-state index contributed by atoms with van der Waals surface area (Å²) in [6.07, 6.45) is 3.20. The van der Waals surface area contributed by atoms with Crippen molar-refractivity contribution in [1.29, 1.82) is 0 Å². The van der Waals surface area contributed by atoms with E-state index in [1.165, 1.54) is 6.26 Å². The largest absolute Gasteiger partial charge is 0.366 e. The first-order valence-corrected chi connectivity index (χ1v) is 11.5. The van der Waals surface area contributed by atoms with E-state index in [0.29, 0.717) is 18.2 Å². The molecule has 0 radical (unpaired) electrons. The molecule has 1 N–H and O–H groups in total. The van der Waals surface area contributed by atoms with Gasteiger partial charge in [-0.3, -0.25) is 0 Å². The lowest BCUT2D eigenvalue weighted by atomic mass is 10.1. The average Bonchev–Trinajstić information content (AvgIpc) is 3.11. The Morgan fingerprint density at radius 1 is 1.07 bits per heavy atom. The second kappa shape index (κ2) is 7.84. The predicted octanol–water partition coefficient (Wildman–Crippen LogP) is 1.71. The van der Waals surface area contributed by atoms with Crippen LogP contribution in [0.5, 0.6) is 0 Å². The molecule has 1 aliphatic heterocycles. The second-order valence-corrected chi connectivity index (χ2v) is 9.53. The van der Waals surface area contributed by atoms with Crippen LogP contribution in [0.4, 0.5) is 5.82 Å². The van der Waals surface area contributed by atoms with Crippen LogP contribution in [-0.4, -0.2) is 70.8 Å². The third-order valence-electron chi connectivity index (χ3n) is 5.01. The summed E-state index contributed by atoms with van der Waals surface area (Å²) in [6, 6.07) is 14.0. The first-order valence-electron chi connectivity index (χ1n) is 9.42. The van der Waals surface area contributed by atoms with Gasteiger partial charge >= 0.3 is 0 Å². The zero-order valence-electron chi connectivity index (χ0n) is 15.8. The van der Waals surface area contributed by atoms with E-state index >= 15 is 0 Å². The Morgan fingerprint density at radius 3 is 2.54 bits per heavy atom. The molecular weight excluding hydrogens is 376 g/mol. The Kier molecular flexibility index (Phi) is 5.27. The van der Waals surface area contributed by atoms with Gasteiger partial charge in [0.15, 0.2) is 11.5 Å². The lowest BCUT2D eigenvalue weighted by Gasteiger charge is -2.32. The molecule has 0 aliphatic carbocycles. The number of nitrogens with one attached hydrogen (secondary N) is 1. The first kappa shape index (κ1) is 18.8. The van der Waals surface area contributed by atoms with Crippen LogP contribution in [0.3, 0.4) is 0 Å². The molecule has 148 valence electrons. The Morgan fingerprint density at radius 2 is 1.82 bits per heavy atom. The predicted molar refractivity (Wildman–Crippen MR) is 109 cm³/mol. The Balaban J connectivity index is 1.42. The summed E-state index contributed by atoms with van der Waals surface area (Å²) < 4.78 is 24.4. The highest BCUT2D eigenvalue weighted by Gasteiger charge is 2.20. The van der Waals surface area contributed by atoms with Crippen molar-refractivity contribution in [3.05, 3.63) is 42.5 Å². The molecule has 1 aliphatic rings. The number of rotatable bonds is 6. The smallest absolute Gasteiger partial charge is 0.185 e. The lowest BCUT2D eigenvalue weighted by molar-refractivity contribution is 0.230. The standard InChI is InChI=1S/C19H24N6O2S/c1-28(26,27)14-13-24-11-9-16(10-12-24)20-17-7-8-18-21-22-19(25(18)23-17)15-5-3-2-4-6-15/h2-8,16H,9-14H2,1H3,(H,20,23). The first-order chi connectivity index (χ1) is 13.5. The van der Waals surface area contributed by atoms with E-state index in [-0.39, 0.29) is 5.75 Å². The summed E-state index contributed by atoms with van der Waals surface area (Å²) in [5.41, 5.74) is 1.68. The fraction of sp³-hybridized carbons (Fsp3) is 0.421.